The summed E-state index contributed by atoms with van der Waals surface area (Å²) in [5.41, 5.74) is 0.653. The number of fused-ring (bicyclic) bond motifs is 1. The van der Waals surface area contributed by atoms with E-state index in [0.717, 1.165) is 0 Å². The van der Waals surface area contributed by atoms with Gasteiger partial charge in [-0.05, 0) is 44.0 Å². The van der Waals surface area contributed by atoms with Crippen molar-refractivity contribution in [2.75, 3.05) is 29.9 Å². The Balaban J connectivity index is 1.42. The van der Waals surface area contributed by atoms with Crippen LogP contribution in [0.2, 0.25) is 0 Å². The minimum atomic E-state index is -4.67. The second kappa shape index (κ2) is 9.04. The molecule has 0 saturated carbocycles. The number of nitrogens with zero attached hydrogens (tertiary/aromatic N) is 5. The number of aromatic nitrogens is 4. The lowest BCUT2D eigenvalue weighted by Crippen LogP contribution is -2.39. The number of rotatable bonds is 5. The van der Waals surface area contributed by atoms with Crippen molar-refractivity contribution in [2.45, 2.75) is 25.9 Å². The summed E-state index contributed by atoms with van der Waals surface area (Å²) >= 11 is 0. The van der Waals surface area contributed by atoms with Crippen LogP contribution in [0.15, 0.2) is 36.4 Å². The lowest BCUT2D eigenvalue weighted by atomic mass is 9.95. The minimum absolute atomic E-state index is 0.000559. The Morgan fingerprint density at radius 3 is 2.55 bits per heavy atom. The Morgan fingerprint density at radius 2 is 1.85 bits per heavy atom. The zero-order valence-electron chi connectivity index (χ0n) is 17.7. The van der Waals surface area contributed by atoms with Crippen molar-refractivity contribution in [1.82, 2.24) is 19.8 Å². The summed E-state index contributed by atoms with van der Waals surface area (Å²) in [6.45, 7) is 2.78. The van der Waals surface area contributed by atoms with Gasteiger partial charge in [-0.25, -0.2) is 4.79 Å². The molecule has 174 valence electrons. The summed E-state index contributed by atoms with van der Waals surface area (Å²) in [7, 11) is 0. The largest absolute Gasteiger partial charge is 0.462 e. The monoisotopic (exact) mass is 462 g/mol. The summed E-state index contributed by atoms with van der Waals surface area (Å²) in [4.78, 5) is 26.7. The predicted octanol–water partition coefficient (Wildman–Crippen LogP) is 3.17. The summed E-state index contributed by atoms with van der Waals surface area (Å²) < 4.78 is 45.1. The molecule has 0 radical (unpaired) electrons. The van der Waals surface area contributed by atoms with Crippen LogP contribution in [-0.2, 0) is 15.7 Å². The number of carbonyl (C=O) groups is 2. The summed E-state index contributed by atoms with van der Waals surface area (Å²) in [5.74, 6) is -1.90. The molecule has 33 heavy (non-hydrogen) atoms. The molecule has 4 rings (SSSR count). The number of anilines is 2. The third kappa shape index (κ3) is 4.73. The molecule has 1 aliphatic heterocycles. The number of carbonyl (C=O) groups excluding carboxylic acids is 2. The first-order valence-electron chi connectivity index (χ1n) is 10.4. The molecule has 2 aromatic heterocycles. The van der Waals surface area contributed by atoms with E-state index in [1.165, 1.54) is 6.07 Å². The maximum atomic E-state index is 13.1. The Morgan fingerprint density at radius 1 is 1.12 bits per heavy atom. The Bertz CT molecular complexity index is 1170. The molecule has 12 heteroatoms. The molecule has 3 heterocycles. The SMILES string of the molecule is CCOC(=O)c1ccccc1NC(=O)C1CCN(c2ccc3nnc(C(F)(F)F)n3n2)CC1. The zero-order chi connectivity index (χ0) is 23.6. The highest BCUT2D eigenvalue weighted by molar-refractivity contribution is 6.01. The number of para-hydroxylation sites is 1. The average Bonchev–Trinajstić information content (AvgIpc) is 3.23. The second-order valence-electron chi connectivity index (χ2n) is 7.50. The second-order valence-corrected chi connectivity index (χ2v) is 7.50. The third-order valence-corrected chi connectivity index (χ3v) is 5.37. The van der Waals surface area contributed by atoms with Gasteiger partial charge in [0, 0.05) is 19.0 Å². The summed E-state index contributed by atoms with van der Waals surface area (Å²) in [5, 5.41) is 13.5. The molecule has 1 aromatic carbocycles. The highest BCUT2D eigenvalue weighted by Crippen LogP contribution is 2.29. The van der Waals surface area contributed by atoms with Crippen molar-refractivity contribution in [3.8, 4) is 0 Å². The minimum Gasteiger partial charge on any atom is -0.462 e. The fraction of sp³-hybridized carbons (Fsp3) is 0.381. The molecule has 0 bridgehead atoms. The topological polar surface area (TPSA) is 102 Å². The van der Waals surface area contributed by atoms with Crippen LogP contribution in [0, 0.1) is 5.92 Å². The van der Waals surface area contributed by atoms with Crippen LogP contribution in [0.25, 0.3) is 5.65 Å². The van der Waals surface area contributed by atoms with Crippen molar-refractivity contribution < 1.29 is 27.5 Å². The molecule has 3 aromatic rings. The van der Waals surface area contributed by atoms with E-state index in [2.05, 4.69) is 20.6 Å². The highest BCUT2D eigenvalue weighted by Gasteiger charge is 2.38. The van der Waals surface area contributed by atoms with Gasteiger partial charge in [-0.15, -0.1) is 15.3 Å². The van der Waals surface area contributed by atoms with E-state index in [9.17, 15) is 22.8 Å². The van der Waals surface area contributed by atoms with E-state index < -0.39 is 18.0 Å². The van der Waals surface area contributed by atoms with Gasteiger partial charge in [-0.3, -0.25) is 4.79 Å². The number of nitrogens with one attached hydrogen (secondary N) is 1. The van der Waals surface area contributed by atoms with Crippen LogP contribution in [0.5, 0.6) is 0 Å². The zero-order valence-corrected chi connectivity index (χ0v) is 17.7. The fourth-order valence-corrected chi connectivity index (χ4v) is 3.71. The first-order chi connectivity index (χ1) is 15.8. The first-order valence-corrected chi connectivity index (χ1v) is 10.4. The van der Waals surface area contributed by atoms with Crippen molar-refractivity contribution in [3.63, 3.8) is 0 Å². The number of hydrogen-bond donors (Lipinski definition) is 1. The lowest BCUT2D eigenvalue weighted by molar-refractivity contribution is -0.146. The third-order valence-electron chi connectivity index (χ3n) is 5.37. The van der Waals surface area contributed by atoms with E-state index in [4.69, 9.17) is 4.74 Å². The molecule has 1 amide bonds. The van der Waals surface area contributed by atoms with E-state index >= 15 is 0 Å². The molecule has 1 N–H and O–H groups in total. The van der Waals surface area contributed by atoms with Crippen LogP contribution in [0.4, 0.5) is 24.7 Å². The smallest absolute Gasteiger partial charge is 0.453 e. The van der Waals surface area contributed by atoms with Gasteiger partial charge in [0.25, 0.3) is 5.82 Å². The van der Waals surface area contributed by atoms with Gasteiger partial charge < -0.3 is 15.0 Å². The molecule has 0 unspecified atom stereocenters. The van der Waals surface area contributed by atoms with Crippen LogP contribution >= 0.6 is 0 Å². The van der Waals surface area contributed by atoms with Crippen LogP contribution < -0.4 is 10.2 Å². The van der Waals surface area contributed by atoms with Crippen molar-refractivity contribution in [1.29, 1.82) is 0 Å². The van der Waals surface area contributed by atoms with Gasteiger partial charge in [-0.2, -0.15) is 17.7 Å². The molecule has 0 atom stereocenters. The standard InChI is InChI=1S/C21H21F3N6O3/c1-2-33-19(32)14-5-3-4-6-15(14)25-18(31)13-9-11-29(12-10-13)17-8-7-16-26-27-20(21(22,23)24)30(16)28-17/h3-8,13H,2,9-12H2,1H3,(H,25,31). The van der Waals surface area contributed by atoms with E-state index in [1.54, 1.807) is 37.3 Å². The first kappa shape index (κ1) is 22.5. The molecular formula is C21H21F3N6O3. The molecular weight excluding hydrogens is 441 g/mol. The van der Waals surface area contributed by atoms with Gasteiger partial charge in [0.1, 0.15) is 5.82 Å². The lowest BCUT2D eigenvalue weighted by Gasteiger charge is -2.32. The average molecular weight is 462 g/mol. The summed E-state index contributed by atoms with van der Waals surface area (Å²) in [6, 6.07) is 9.62. The Labute approximate surface area is 186 Å². The van der Waals surface area contributed by atoms with Crippen molar-refractivity contribution in [3.05, 3.63) is 47.8 Å². The van der Waals surface area contributed by atoms with Crippen molar-refractivity contribution >= 4 is 29.0 Å². The quantitative estimate of drug-likeness (QED) is 0.581. The molecule has 9 nitrogen and oxygen atoms in total. The van der Waals surface area contributed by atoms with Gasteiger partial charge in [0.15, 0.2) is 5.65 Å². The number of esters is 1. The Hall–Kier alpha value is -3.70. The van der Waals surface area contributed by atoms with E-state index in [1.807, 2.05) is 4.90 Å². The number of alkyl halides is 3. The fourth-order valence-electron chi connectivity index (χ4n) is 3.71. The van der Waals surface area contributed by atoms with E-state index in [-0.39, 0.29) is 29.6 Å². The molecule has 1 aliphatic rings. The van der Waals surface area contributed by atoms with Crippen LogP contribution in [0.3, 0.4) is 0 Å². The number of piperidine rings is 1. The van der Waals surface area contributed by atoms with Gasteiger partial charge >= 0.3 is 12.1 Å². The maximum Gasteiger partial charge on any atom is 0.453 e. The number of hydrogen-bond acceptors (Lipinski definition) is 7. The number of benzene rings is 1. The van der Waals surface area contributed by atoms with E-state index in [0.29, 0.717) is 42.0 Å². The predicted molar refractivity (Wildman–Crippen MR) is 112 cm³/mol. The molecule has 0 spiro atoms. The van der Waals surface area contributed by atoms with Crippen LogP contribution in [0.1, 0.15) is 35.9 Å². The number of ether oxygens (including phenoxy) is 1. The molecule has 1 saturated heterocycles. The molecule has 0 aliphatic carbocycles. The van der Waals surface area contributed by atoms with Gasteiger partial charge in [0.05, 0.1) is 17.9 Å². The maximum absolute atomic E-state index is 13.1. The van der Waals surface area contributed by atoms with Crippen LogP contribution in [-0.4, -0.2) is 51.4 Å². The normalized spacial score (nSPS) is 15.0. The molecule has 1 fully saturated rings. The number of amides is 1. The number of halogens is 3. The highest BCUT2D eigenvalue weighted by atomic mass is 19.4. The van der Waals surface area contributed by atoms with Gasteiger partial charge in [-0.1, -0.05) is 12.1 Å². The van der Waals surface area contributed by atoms with Gasteiger partial charge in [0.2, 0.25) is 5.91 Å². The Kier molecular flexibility index (Phi) is 6.16. The van der Waals surface area contributed by atoms with Crippen molar-refractivity contribution in [2.24, 2.45) is 5.92 Å². The summed E-state index contributed by atoms with van der Waals surface area (Å²) in [6.07, 6.45) is -3.72.